The van der Waals surface area contributed by atoms with Crippen LogP contribution in [-0.2, 0) is 6.54 Å². The molecule has 5 nitrogen and oxygen atoms in total. The van der Waals surface area contributed by atoms with Gasteiger partial charge >= 0.3 is 0 Å². The highest BCUT2D eigenvalue weighted by Gasteiger charge is 2.08. The third-order valence-electron chi connectivity index (χ3n) is 2.72. The highest BCUT2D eigenvalue weighted by atomic mass is 127. The second kappa shape index (κ2) is 7.46. The molecule has 1 aromatic carbocycles. The molecule has 0 radical (unpaired) electrons. The molecule has 0 aliphatic rings. The molecule has 2 rings (SSSR count). The Balaban J connectivity index is 1.97. The van der Waals surface area contributed by atoms with Crippen molar-refractivity contribution in [3.05, 3.63) is 50.7 Å². The van der Waals surface area contributed by atoms with E-state index in [9.17, 15) is 0 Å². The summed E-state index contributed by atoms with van der Waals surface area (Å²) in [5.74, 6) is 1.44. The summed E-state index contributed by atoms with van der Waals surface area (Å²) in [5, 5.41) is 14.3. The fourth-order valence-corrected chi connectivity index (χ4v) is 2.25. The Hall–Kier alpha value is -1.54. The van der Waals surface area contributed by atoms with Crippen molar-refractivity contribution in [2.45, 2.75) is 6.54 Å². The zero-order valence-electron chi connectivity index (χ0n) is 11.3. The Labute approximate surface area is 141 Å². The van der Waals surface area contributed by atoms with E-state index < -0.39 is 0 Å². The van der Waals surface area contributed by atoms with E-state index in [2.05, 4.69) is 38.2 Å². The summed E-state index contributed by atoms with van der Waals surface area (Å²) in [7, 11) is 1.59. The van der Waals surface area contributed by atoms with Gasteiger partial charge in [-0.15, -0.1) is 0 Å². The lowest BCUT2D eigenvalue weighted by Crippen LogP contribution is -2.29. The topological polar surface area (TPSA) is 70.0 Å². The molecule has 2 aromatic rings. The van der Waals surface area contributed by atoms with Crippen molar-refractivity contribution in [2.24, 2.45) is 0 Å². The SMILES string of the molecule is COc1cccc(Cl)c1CNC(=N)Nc1ccc(I)cn1. The minimum absolute atomic E-state index is 0.144. The molecule has 1 heterocycles. The summed E-state index contributed by atoms with van der Waals surface area (Å²) in [4.78, 5) is 4.17. The molecule has 3 N–H and O–H groups in total. The minimum Gasteiger partial charge on any atom is -0.496 e. The number of methoxy groups -OCH3 is 1. The van der Waals surface area contributed by atoms with Crippen LogP contribution < -0.4 is 15.4 Å². The lowest BCUT2D eigenvalue weighted by molar-refractivity contribution is 0.409. The average Bonchev–Trinajstić information content (AvgIpc) is 2.48. The molecular weight excluding hydrogens is 403 g/mol. The van der Waals surface area contributed by atoms with Gasteiger partial charge in [0.15, 0.2) is 5.96 Å². The van der Waals surface area contributed by atoms with Gasteiger partial charge in [-0.2, -0.15) is 0 Å². The van der Waals surface area contributed by atoms with Crippen LogP contribution in [0.1, 0.15) is 5.56 Å². The van der Waals surface area contributed by atoms with Gasteiger partial charge in [0.1, 0.15) is 11.6 Å². The van der Waals surface area contributed by atoms with Gasteiger partial charge in [0.2, 0.25) is 0 Å². The lowest BCUT2D eigenvalue weighted by atomic mass is 10.2. The fraction of sp³-hybridized carbons (Fsp3) is 0.143. The number of benzene rings is 1. The largest absolute Gasteiger partial charge is 0.496 e. The fourth-order valence-electron chi connectivity index (χ4n) is 1.70. The average molecular weight is 417 g/mol. The molecule has 0 bridgehead atoms. The number of guanidine groups is 1. The number of hydrogen-bond donors (Lipinski definition) is 3. The molecule has 0 aliphatic heterocycles. The molecule has 0 unspecified atom stereocenters. The molecule has 0 amide bonds. The van der Waals surface area contributed by atoms with Crippen LogP contribution in [0.15, 0.2) is 36.5 Å². The van der Waals surface area contributed by atoms with E-state index in [0.29, 0.717) is 23.1 Å². The smallest absolute Gasteiger partial charge is 0.194 e. The Bertz CT molecular complexity index is 633. The van der Waals surface area contributed by atoms with E-state index in [0.717, 1.165) is 9.13 Å². The number of halogens is 2. The van der Waals surface area contributed by atoms with Crippen molar-refractivity contribution in [1.82, 2.24) is 10.3 Å². The van der Waals surface area contributed by atoms with Gasteiger partial charge in [-0.25, -0.2) is 4.98 Å². The predicted molar refractivity (Wildman–Crippen MR) is 93.1 cm³/mol. The Morgan fingerprint density at radius 2 is 2.19 bits per heavy atom. The molecule has 7 heteroatoms. The zero-order valence-corrected chi connectivity index (χ0v) is 14.2. The van der Waals surface area contributed by atoms with Crippen LogP contribution in [-0.4, -0.2) is 18.1 Å². The second-order valence-corrected chi connectivity index (χ2v) is 5.79. The van der Waals surface area contributed by atoms with E-state index >= 15 is 0 Å². The molecule has 0 saturated heterocycles. The van der Waals surface area contributed by atoms with Gasteiger partial charge in [0.25, 0.3) is 0 Å². The minimum atomic E-state index is 0.144. The van der Waals surface area contributed by atoms with Gasteiger partial charge < -0.3 is 15.4 Å². The van der Waals surface area contributed by atoms with E-state index in [4.69, 9.17) is 21.7 Å². The molecular formula is C14H14ClIN4O. The normalized spacial score (nSPS) is 10.0. The van der Waals surface area contributed by atoms with Gasteiger partial charge in [0.05, 0.1) is 7.11 Å². The maximum atomic E-state index is 7.88. The van der Waals surface area contributed by atoms with Crippen LogP contribution in [0.3, 0.4) is 0 Å². The highest BCUT2D eigenvalue weighted by molar-refractivity contribution is 14.1. The van der Waals surface area contributed by atoms with Crippen molar-refractivity contribution >= 4 is 46.0 Å². The van der Waals surface area contributed by atoms with Crippen molar-refractivity contribution in [2.75, 3.05) is 12.4 Å². The van der Waals surface area contributed by atoms with Crippen LogP contribution in [0, 0.1) is 8.98 Å². The molecule has 1 aromatic heterocycles. The number of nitrogens with zero attached hydrogens (tertiary/aromatic N) is 1. The molecule has 0 saturated carbocycles. The first-order valence-electron chi connectivity index (χ1n) is 6.12. The number of ether oxygens (including phenoxy) is 1. The first kappa shape index (κ1) is 15.8. The summed E-state index contributed by atoms with van der Waals surface area (Å²) in [6.45, 7) is 0.388. The first-order chi connectivity index (χ1) is 10.1. The maximum Gasteiger partial charge on any atom is 0.194 e. The zero-order chi connectivity index (χ0) is 15.2. The van der Waals surface area contributed by atoms with Gasteiger partial charge in [-0.05, 0) is 46.9 Å². The number of anilines is 1. The van der Waals surface area contributed by atoms with E-state index in [1.807, 2.05) is 24.3 Å². The second-order valence-electron chi connectivity index (χ2n) is 4.14. The summed E-state index contributed by atoms with van der Waals surface area (Å²) in [6.07, 6.45) is 1.73. The van der Waals surface area contributed by atoms with Gasteiger partial charge in [0, 0.05) is 26.9 Å². The quantitative estimate of drug-likeness (QED) is 0.405. The number of rotatable bonds is 4. The lowest BCUT2D eigenvalue weighted by Gasteiger charge is -2.13. The van der Waals surface area contributed by atoms with Crippen LogP contribution >= 0.6 is 34.2 Å². The molecule has 21 heavy (non-hydrogen) atoms. The summed E-state index contributed by atoms with van der Waals surface area (Å²) in [5.41, 5.74) is 0.809. The predicted octanol–water partition coefficient (Wildman–Crippen LogP) is 3.48. The standard InChI is InChI=1S/C14H14ClIN4O/c1-21-12-4-2-3-11(15)10(12)8-19-14(17)20-13-6-5-9(16)7-18-13/h2-7H,8H2,1H3,(H3,17,18,19,20). The van der Waals surface area contributed by atoms with E-state index in [1.54, 1.807) is 19.4 Å². The van der Waals surface area contributed by atoms with Crippen LogP contribution in [0.5, 0.6) is 5.75 Å². The van der Waals surface area contributed by atoms with E-state index in [-0.39, 0.29) is 5.96 Å². The number of nitrogens with one attached hydrogen (secondary N) is 3. The Kier molecular flexibility index (Phi) is 5.63. The molecule has 0 aliphatic carbocycles. The summed E-state index contributed by atoms with van der Waals surface area (Å²) < 4.78 is 6.30. The summed E-state index contributed by atoms with van der Waals surface area (Å²) in [6, 6.07) is 9.18. The highest BCUT2D eigenvalue weighted by Crippen LogP contribution is 2.25. The van der Waals surface area contributed by atoms with Crippen molar-refractivity contribution in [3.63, 3.8) is 0 Å². The number of pyridine rings is 1. The Morgan fingerprint density at radius 3 is 2.86 bits per heavy atom. The third kappa shape index (κ3) is 4.47. The number of hydrogen-bond acceptors (Lipinski definition) is 3. The molecule has 110 valence electrons. The maximum absolute atomic E-state index is 7.88. The summed E-state index contributed by atoms with van der Waals surface area (Å²) >= 11 is 8.32. The first-order valence-corrected chi connectivity index (χ1v) is 7.58. The molecule has 0 spiro atoms. The van der Waals surface area contributed by atoms with Crippen LogP contribution in [0.4, 0.5) is 5.82 Å². The van der Waals surface area contributed by atoms with Crippen LogP contribution in [0.2, 0.25) is 5.02 Å². The van der Waals surface area contributed by atoms with Crippen molar-refractivity contribution in [1.29, 1.82) is 5.41 Å². The van der Waals surface area contributed by atoms with Crippen molar-refractivity contribution in [3.8, 4) is 5.75 Å². The molecule has 0 fully saturated rings. The van der Waals surface area contributed by atoms with Gasteiger partial charge in [-0.1, -0.05) is 17.7 Å². The molecule has 0 atom stereocenters. The number of aromatic nitrogens is 1. The van der Waals surface area contributed by atoms with E-state index in [1.165, 1.54) is 0 Å². The third-order valence-corrected chi connectivity index (χ3v) is 3.71. The van der Waals surface area contributed by atoms with Gasteiger partial charge in [-0.3, -0.25) is 5.41 Å². The monoisotopic (exact) mass is 416 g/mol. The Morgan fingerprint density at radius 1 is 1.38 bits per heavy atom. The van der Waals surface area contributed by atoms with Crippen LogP contribution in [0.25, 0.3) is 0 Å². The van der Waals surface area contributed by atoms with Crippen molar-refractivity contribution < 1.29 is 4.74 Å².